The van der Waals surface area contributed by atoms with E-state index < -0.39 is 0 Å². The Bertz CT molecular complexity index is 759. The number of nitrogens with one attached hydrogen (secondary N) is 2. The van der Waals surface area contributed by atoms with Crippen molar-refractivity contribution in [2.75, 3.05) is 20.2 Å². The monoisotopic (exact) mass is 407 g/mol. The zero-order valence-electron chi connectivity index (χ0n) is 16.7. The van der Waals surface area contributed by atoms with E-state index in [1.165, 1.54) is 0 Å². The molecule has 1 unspecified atom stereocenters. The Balaban J connectivity index is 0.00000280. The molecule has 8 heteroatoms. The molecular weight excluding hydrogens is 378 g/mol. The molecule has 154 valence electrons. The van der Waals surface area contributed by atoms with Gasteiger partial charge in [-0.1, -0.05) is 37.3 Å². The maximum atomic E-state index is 12.7. The number of ether oxygens (including phenoxy) is 1. The number of amides is 1. The molecule has 0 spiro atoms. The number of aromatic nitrogens is 3. The molecule has 0 radical (unpaired) electrons. The lowest BCUT2D eigenvalue weighted by molar-refractivity contribution is 0.0920. The summed E-state index contributed by atoms with van der Waals surface area (Å²) >= 11 is 0. The van der Waals surface area contributed by atoms with Crippen LogP contribution in [0.4, 0.5) is 0 Å². The number of carbonyl (C=O) groups is 1. The fraction of sp³-hybridized carbons (Fsp3) is 0.550. The number of methoxy groups -OCH3 is 1. The summed E-state index contributed by atoms with van der Waals surface area (Å²) in [6.45, 7) is 6.15. The molecule has 2 heterocycles. The molecule has 2 aromatic rings. The molecule has 1 amide bonds. The van der Waals surface area contributed by atoms with Crippen molar-refractivity contribution >= 4 is 18.3 Å². The average Bonchev–Trinajstić information content (AvgIpc) is 3.19. The van der Waals surface area contributed by atoms with Crippen molar-refractivity contribution in [1.29, 1.82) is 0 Å². The molecule has 3 rings (SSSR count). The fourth-order valence-electron chi connectivity index (χ4n) is 3.43. The van der Waals surface area contributed by atoms with Crippen LogP contribution in [-0.2, 0) is 6.42 Å². The largest absolute Gasteiger partial charge is 0.496 e. The van der Waals surface area contributed by atoms with Crippen LogP contribution in [0.3, 0.4) is 0 Å². The number of piperidine rings is 1. The lowest BCUT2D eigenvalue weighted by atomic mass is 9.95. The smallest absolute Gasteiger partial charge is 0.273 e. The summed E-state index contributed by atoms with van der Waals surface area (Å²) in [6.07, 6.45) is 4.49. The van der Waals surface area contributed by atoms with Gasteiger partial charge in [0.05, 0.1) is 19.3 Å². The quantitative estimate of drug-likeness (QED) is 0.737. The number of benzene rings is 1. The van der Waals surface area contributed by atoms with Crippen LogP contribution in [0.1, 0.15) is 48.8 Å². The normalized spacial score (nSPS) is 15.7. The Kier molecular flexibility index (Phi) is 8.26. The van der Waals surface area contributed by atoms with Crippen LogP contribution in [0.15, 0.2) is 30.5 Å². The minimum Gasteiger partial charge on any atom is -0.496 e. The minimum absolute atomic E-state index is 0. The van der Waals surface area contributed by atoms with Crippen LogP contribution in [0.2, 0.25) is 0 Å². The summed E-state index contributed by atoms with van der Waals surface area (Å²) in [5, 5.41) is 14.7. The van der Waals surface area contributed by atoms with Gasteiger partial charge in [0.25, 0.3) is 5.91 Å². The third kappa shape index (κ3) is 5.45. The second-order valence-electron chi connectivity index (χ2n) is 7.40. The number of nitrogens with zero attached hydrogens (tertiary/aromatic N) is 3. The number of hydrogen-bond donors (Lipinski definition) is 2. The first-order chi connectivity index (χ1) is 13.1. The van der Waals surface area contributed by atoms with E-state index in [-0.39, 0.29) is 30.3 Å². The Hall–Kier alpha value is -2.12. The summed E-state index contributed by atoms with van der Waals surface area (Å²) in [7, 11) is 1.67. The molecule has 1 atom stereocenters. The van der Waals surface area contributed by atoms with Gasteiger partial charge in [-0.15, -0.1) is 17.5 Å². The van der Waals surface area contributed by atoms with Crippen LogP contribution in [0.5, 0.6) is 5.75 Å². The van der Waals surface area contributed by atoms with Crippen molar-refractivity contribution in [3.63, 3.8) is 0 Å². The molecule has 0 aliphatic carbocycles. The Morgan fingerprint density at radius 3 is 2.71 bits per heavy atom. The molecule has 28 heavy (non-hydrogen) atoms. The van der Waals surface area contributed by atoms with Crippen molar-refractivity contribution in [2.45, 2.75) is 45.2 Å². The van der Waals surface area contributed by atoms with Crippen LogP contribution >= 0.6 is 12.4 Å². The van der Waals surface area contributed by atoms with E-state index in [2.05, 4.69) is 34.8 Å². The highest BCUT2D eigenvalue weighted by Crippen LogP contribution is 2.21. The van der Waals surface area contributed by atoms with Crippen molar-refractivity contribution in [3.8, 4) is 5.75 Å². The van der Waals surface area contributed by atoms with Crippen molar-refractivity contribution in [2.24, 2.45) is 5.92 Å². The molecule has 0 bridgehead atoms. The molecule has 1 saturated heterocycles. The van der Waals surface area contributed by atoms with Gasteiger partial charge in [-0.2, -0.15) is 0 Å². The maximum absolute atomic E-state index is 12.7. The van der Waals surface area contributed by atoms with Crippen LogP contribution in [0.25, 0.3) is 0 Å². The highest BCUT2D eigenvalue weighted by Gasteiger charge is 2.22. The van der Waals surface area contributed by atoms with Crippen molar-refractivity contribution in [3.05, 3.63) is 41.7 Å². The van der Waals surface area contributed by atoms with Crippen molar-refractivity contribution < 1.29 is 9.53 Å². The Labute approximate surface area is 172 Å². The lowest BCUT2D eigenvalue weighted by Gasteiger charge is -2.23. The molecule has 1 fully saturated rings. The van der Waals surface area contributed by atoms with Gasteiger partial charge in [0, 0.05) is 6.04 Å². The van der Waals surface area contributed by atoms with Gasteiger partial charge in [0.1, 0.15) is 5.75 Å². The molecule has 1 aromatic heterocycles. The predicted molar refractivity (Wildman–Crippen MR) is 111 cm³/mol. The number of hydrogen-bond acceptors (Lipinski definition) is 5. The predicted octanol–water partition coefficient (Wildman–Crippen LogP) is 2.63. The summed E-state index contributed by atoms with van der Waals surface area (Å²) in [5.74, 6) is 0.941. The van der Waals surface area contributed by atoms with Gasteiger partial charge in [-0.25, -0.2) is 4.68 Å². The average molecular weight is 408 g/mol. The van der Waals surface area contributed by atoms with E-state index in [9.17, 15) is 4.79 Å². The molecule has 1 aromatic carbocycles. The molecular formula is C20H30ClN5O2. The number of para-hydroxylation sites is 1. The van der Waals surface area contributed by atoms with Crippen LogP contribution < -0.4 is 15.4 Å². The standard InChI is InChI=1S/C20H29N5O2.ClH/c1-14(2)17(12-15-6-4-5-7-19(15)27-3)22-20(26)18-13-25(24-23-18)16-8-10-21-11-9-16;/h4-7,13-14,16-17,21H,8-12H2,1-3H3,(H,22,26);1H. The molecule has 1 aliphatic rings. The van der Waals surface area contributed by atoms with E-state index in [4.69, 9.17) is 4.74 Å². The zero-order chi connectivity index (χ0) is 19.2. The van der Waals surface area contributed by atoms with Gasteiger partial charge in [-0.05, 0) is 49.9 Å². The number of rotatable bonds is 7. The van der Waals surface area contributed by atoms with Gasteiger partial charge in [0.2, 0.25) is 0 Å². The van der Waals surface area contributed by atoms with Crippen LogP contribution in [0, 0.1) is 5.92 Å². The van der Waals surface area contributed by atoms with E-state index in [0.29, 0.717) is 18.2 Å². The maximum Gasteiger partial charge on any atom is 0.273 e. The molecule has 1 aliphatic heterocycles. The van der Waals surface area contributed by atoms with E-state index in [1.807, 2.05) is 28.9 Å². The van der Waals surface area contributed by atoms with E-state index in [0.717, 1.165) is 37.2 Å². The SMILES string of the molecule is COc1ccccc1CC(NC(=O)c1cn(C2CCNCC2)nn1)C(C)C.Cl. The van der Waals surface area contributed by atoms with Gasteiger partial charge >= 0.3 is 0 Å². The first-order valence-corrected chi connectivity index (χ1v) is 9.63. The molecule has 7 nitrogen and oxygen atoms in total. The van der Waals surface area contributed by atoms with Crippen molar-refractivity contribution in [1.82, 2.24) is 25.6 Å². The van der Waals surface area contributed by atoms with Gasteiger partial charge < -0.3 is 15.4 Å². The van der Waals surface area contributed by atoms with Gasteiger partial charge in [0.15, 0.2) is 5.69 Å². The first kappa shape index (κ1) is 22.2. The third-order valence-corrected chi connectivity index (χ3v) is 5.18. The lowest BCUT2D eigenvalue weighted by Crippen LogP contribution is -2.40. The summed E-state index contributed by atoms with van der Waals surface area (Å²) in [4.78, 5) is 12.7. The second-order valence-corrected chi connectivity index (χ2v) is 7.40. The summed E-state index contributed by atoms with van der Waals surface area (Å²) in [5.41, 5.74) is 1.46. The number of halogens is 1. The summed E-state index contributed by atoms with van der Waals surface area (Å²) in [6, 6.07) is 8.21. The minimum atomic E-state index is -0.177. The van der Waals surface area contributed by atoms with Gasteiger partial charge in [-0.3, -0.25) is 4.79 Å². The highest BCUT2D eigenvalue weighted by molar-refractivity contribution is 5.92. The fourth-order valence-corrected chi connectivity index (χ4v) is 3.43. The highest BCUT2D eigenvalue weighted by atomic mass is 35.5. The summed E-state index contributed by atoms with van der Waals surface area (Å²) < 4.78 is 7.28. The Morgan fingerprint density at radius 2 is 2.04 bits per heavy atom. The second kappa shape index (κ2) is 10.4. The molecule has 0 saturated carbocycles. The first-order valence-electron chi connectivity index (χ1n) is 9.63. The Morgan fingerprint density at radius 1 is 1.32 bits per heavy atom. The number of carbonyl (C=O) groups excluding carboxylic acids is 1. The topological polar surface area (TPSA) is 81.1 Å². The van der Waals surface area contributed by atoms with E-state index in [1.54, 1.807) is 13.3 Å². The van der Waals surface area contributed by atoms with Crippen LogP contribution in [-0.4, -0.2) is 47.1 Å². The zero-order valence-corrected chi connectivity index (χ0v) is 17.5. The van der Waals surface area contributed by atoms with E-state index >= 15 is 0 Å². The molecule has 2 N–H and O–H groups in total. The third-order valence-electron chi connectivity index (χ3n) is 5.18.